The SMILES string of the molecule is C[C@@]1(O)CC(=O)O[C@H](CSc2nc(-c3ccccc3)c(-c3ccccc3)o2)C1. The standard InChI is InChI=1S/C22H21NO4S/c1-22(25)12-17(26-18(24)13-22)14-28-21-23-19(15-8-4-2-5-9-15)20(27-21)16-10-6-3-7-11-16/h2-11,17,25H,12-14H2,1H3/t17-,22-/m0/s1. The summed E-state index contributed by atoms with van der Waals surface area (Å²) in [5, 5.41) is 10.7. The molecule has 1 aromatic heterocycles. The number of hydrogen-bond donors (Lipinski definition) is 1. The molecule has 0 amide bonds. The number of rotatable bonds is 5. The predicted octanol–water partition coefficient (Wildman–Crippen LogP) is 4.56. The lowest BCUT2D eigenvalue weighted by Gasteiger charge is -2.32. The summed E-state index contributed by atoms with van der Waals surface area (Å²) in [5.41, 5.74) is 1.68. The predicted molar refractivity (Wildman–Crippen MR) is 108 cm³/mol. The minimum Gasteiger partial charge on any atom is -0.461 e. The summed E-state index contributed by atoms with van der Waals surface area (Å²) in [6.45, 7) is 1.66. The number of aromatic nitrogens is 1. The first-order valence-corrected chi connectivity index (χ1v) is 10.1. The summed E-state index contributed by atoms with van der Waals surface area (Å²) in [6, 6.07) is 19.8. The molecule has 0 aliphatic carbocycles. The number of benzene rings is 2. The molecular formula is C22H21NO4S. The lowest BCUT2D eigenvalue weighted by atomic mass is 9.93. The first kappa shape index (κ1) is 18.8. The molecule has 6 heteroatoms. The van der Waals surface area contributed by atoms with Gasteiger partial charge in [0, 0.05) is 23.3 Å². The molecule has 1 saturated heterocycles. The highest BCUT2D eigenvalue weighted by Gasteiger charge is 2.36. The van der Waals surface area contributed by atoms with E-state index in [0.29, 0.717) is 23.2 Å². The van der Waals surface area contributed by atoms with Crippen molar-refractivity contribution in [3.63, 3.8) is 0 Å². The van der Waals surface area contributed by atoms with Crippen LogP contribution in [0.1, 0.15) is 19.8 Å². The van der Waals surface area contributed by atoms with Crippen molar-refractivity contribution in [2.75, 3.05) is 5.75 Å². The second kappa shape index (κ2) is 7.81. The minimum absolute atomic E-state index is 0.0312. The molecule has 1 N–H and O–H groups in total. The third-order valence-electron chi connectivity index (χ3n) is 4.57. The van der Waals surface area contributed by atoms with Gasteiger partial charge in [0.2, 0.25) is 0 Å². The smallest absolute Gasteiger partial charge is 0.309 e. The Labute approximate surface area is 167 Å². The van der Waals surface area contributed by atoms with Crippen molar-refractivity contribution in [1.29, 1.82) is 0 Å². The Hall–Kier alpha value is -2.57. The van der Waals surface area contributed by atoms with E-state index in [0.717, 1.165) is 16.8 Å². The van der Waals surface area contributed by atoms with Gasteiger partial charge in [-0.3, -0.25) is 4.79 Å². The van der Waals surface area contributed by atoms with Crippen molar-refractivity contribution < 1.29 is 19.1 Å². The molecule has 1 fully saturated rings. The van der Waals surface area contributed by atoms with E-state index >= 15 is 0 Å². The Kier molecular flexibility index (Phi) is 5.24. The lowest BCUT2D eigenvalue weighted by Crippen LogP contribution is -2.41. The summed E-state index contributed by atoms with van der Waals surface area (Å²) in [6.07, 6.45) is 0.0704. The molecule has 144 valence electrons. The molecule has 4 rings (SSSR count). The van der Waals surface area contributed by atoms with Gasteiger partial charge in [-0.25, -0.2) is 4.98 Å². The van der Waals surface area contributed by atoms with Crippen LogP contribution in [-0.4, -0.2) is 33.5 Å². The molecule has 1 aliphatic heterocycles. The Morgan fingerprint density at radius 1 is 1.11 bits per heavy atom. The molecule has 0 bridgehead atoms. The lowest BCUT2D eigenvalue weighted by molar-refractivity contribution is -0.165. The van der Waals surface area contributed by atoms with Gasteiger partial charge in [-0.1, -0.05) is 72.4 Å². The van der Waals surface area contributed by atoms with Gasteiger partial charge in [-0.05, 0) is 6.92 Å². The number of esters is 1. The Balaban J connectivity index is 1.58. The van der Waals surface area contributed by atoms with Gasteiger partial charge in [0.1, 0.15) is 11.8 Å². The fourth-order valence-electron chi connectivity index (χ4n) is 3.34. The van der Waals surface area contributed by atoms with E-state index in [4.69, 9.17) is 9.15 Å². The van der Waals surface area contributed by atoms with Crippen LogP contribution in [0.3, 0.4) is 0 Å². The number of cyclic esters (lactones) is 1. The van der Waals surface area contributed by atoms with E-state index in [-0.39, 0.29) is 18.5 Å². The van der Waals surface area contributed by atoms with E-state index in [9.17, 15) is 9.90 Å². The molecule has 0 unspecified atom stereocenters. The average molecular weight is 395 g/mol. The maximum atomic E-state index is 11.7. The zero-order chi connectivity index (χ0) is 19.6. The first-order chi connectivity index (χ1) is 13.5. The van der Waals surface area contributed by atoms with Crippen LogP contribution in [0, 0.1) is 0 Å². The second-order valence-electron chi connectivity index (χ2n) is 7.19. The zero-order valence-corrected chi connectivity index (χ0v) is 16.3. The van der Waals surface area contributed by atoms with Gasteiger partial charge in [0.05, 0.1) is 12.0 Å². The zero-order valence-electron chi connectivity index (χ0n) is 15.5. The van der Waals surface area contributed by atoms with Gasteiger partial charge in [0.15, 0.2) is 5.76 Å². The fraction of sp³-hybridized carbons (Fsp3) is 0.273. The molecule has 0 saturated carbocycles. The molecule has 0 spiro atoms. The van der Waals surface area contributed by atoms with Crippen LogP contribution in [0.2, 0.25) is 0 Å². The molecule has 3 aromatic rings. The van der Waals surface area contributed by atoms with Crippen molar-refractivity contribution in [3.05, 3.63) is 60.7 Å². The minimum atomic E-state index is -1.03. The van der Waals surface area contributed by atoms with Crippen LogP contribution in [0.5, 0.6) is 0 Å². The van der Waals surface area contributed by atoms with Crippen molar-refractivity contribution in [1.82, 2.24) is 4.98 Å². The molecule has 0 radical (unpaired) electrons. The first-order valence-electron chi connectivity index (χ1n) is 9.16. The van der Waals surface area contributed by atoms with Crippen molar-refractivity contribution in [2.45, 2.75) is 36.7 Å². The van der Waals surface area contributed by atoms with Gasteiger partial charge < -0.3 is 14.3 Å². The number of oxazole rings is 1. The van der Waals surface area contributed by atoms with Crippen LogP contribution >= 0.6 is 11.8 Å². The van der Waals surface area contributed by atoms with E-state index < -0.39 is 5.60 Å². The fourth-order valence-corrected chi connectivity index (χ4v) is 4.15. The number of aliphatic hydroxyl groups is 1. The molecule has 2 atom stereocenters. The topological polar surface area (TPSA) is 72.6 Å². The summed E-state index contributed by atoms with van der Waals surface area (Å²) in [4.78, 5) is 16.4. The van der Waals surface area contributed by atoms with Gasteiger partial charge in [-0.2, -0.15) is 0 Å². The molecule has 5 nitrogen and oxygen atoms in total. The second-order valence-corrected chi connectivity index (χ2v) is 8.16. The van der Waals surface area contributed by atoms with E-state index in [1.807, 2.05) is 60.7 Å². The van der Waals surface area contributed by atoms with Crippen LogP contribution < -0.4 is 0 Å². The quantitative estimate of drug-likeness (QED) is 0.504. The van der Waals surface area contributed by atoms with Crippen LogP contribution in [0.4, 0.5) is 0 Å². The number of carbonyl (C=O) groups is 1. The van der Waals surface area contributed by atoms with Gasteiger partial charge in [0.25, 0.3) is 5.22 Å². The number of carbonyl (C=O) groups excluding carboxylic acids is 1. The normalized spacial score (nSPS) is 22.1. The molecule has 2 heterocycles. The maximum absolute atomic E-state index is 11.7. The monoisotopic (exact) mass is 395 g/mol. The van der Waals surface area contributed by atoms with Crippen molar-refractivity contribution in [3.8, 4) is 22.6 Å². The van der Waals surface area contributed by atoms with Crippen molar-refractivity contribution in [2.24, 2.45) is 0 Å². The summed E-state index contributed by atoms with van der Waals surface area (Å²) >= 11 is 1.39. The summed E-state index contributed by atoms with van der Waals surface area (Å²) in [7, 11) is 0. The highest BCUT2D eigenvalue weighted by Crippen LogP contribution is 2.36. The van der Waals surface area contributed by atoms with E-state index in [1.165, 1.54) is 11.8 Å². The molecular weight excluding hydrogens is 374 g/mol. The number of hydrogen-bond acceptors (Lipinski definition) is 6. The highest BCUT2D eigenvalue weighted by atomic mass is 32.2. The molecule has 1 aliphatic rings. The molecule has 2 aromatic carbocycles. The number of thioether (sulfide) groups is 1. The number of ether oxygens (including phenoxy) is 1. The third kappa shape index (κ3) is 4.29. The largest absolute Gasteiger partial charge is 0.461 e. The van der Waals surface area contributed by atoms with Crippen molar-refractivity contribution >= 4 is 17.7 Å². The van der Waals surface area contributed by atoms with Crippen LogP contribution in [0.25, 0.3) is 22.6 Å². The maximum Gasteiger partial charge on any atom is 0.309 e. The number of nitrogens with zero attached hydrogens (tertiary/aromatic N) is 1. The Morgan fingerprint density at radius 2 is 1.75 bits per heavy atom. The Bertz CT molecular complexity index is 896. The third-order valence-corrected chi connectivity index (χ3v) is 5.53. The van der Waals surface area contributed by atoms with Crippen LogP contribution in [0.15, 0.2) is 70.3 Å². The van der Waals surface area contributed by atoms with E-state index in [1.54, 1.807) is 6.92 Å². The van der Waals surface area contributed by atoms with E-state index in [2.05, 4.69) is 4.98 Å². The Morgan fingerprint density at radius 3 is 2.39 bits per heavy atom. The van der Waals surface area contributed by atoms with Gasteiger partial charge in [-0.15, -0.1) is 0 Å². The molecule has 28 heavy (non-hydrogen) atoms. The summed E-state index contributed by atoms with van der Waals surface area (Å²) < 4.78 is 11.4. The van der Waals surface area contributed by atoms with Crippen LogP contribution in [-0.2, 0) is 9.53 Å². The highest BCUT2D eigenvalue weighted by molar-refractivity contribution is 7.99. The van der Waals surface area contributed by atoms with Gasteiger partial charge >= 0.3 is 5.97 Å². The average Bonchev–Trinajstić information content (AvgIpc) is 3.11. The summed E-state index contributed by atoms with van der Waals surface area (Å²) in [5.74, 6) is 0.816.